The van der Waals surface area contributed by atoms with E-state index >= 15 is 0 Å². The molecular formula is C33H46N4O6. The predicted octanol–water partition coefficient (Wildman–Crippen LogP) is 2.09. The lowest BCUT2D eigenvalue weighted by Crippen LogP contribution is -2.57. The van der Waals surface area contributed by atoms with Gasteiger partial charge in [0.2, 0.25) is 17.7 Å². The molecule has 5 atom stereocenters. The number of hydrogen-bond donors (Lipinski definition) is 1. The van der Waals surface area contributed by atoms with Crippen molar-refractivity contribution in [2.45, 2.75) is 49.9 Å². The number of fused-ring (bicyclic) bond motifs is 1. The number of ether oxygens (including phenoxy) is 2. The molecule has 4 aliphatic heterocycles. The monoisotopic (exact) mass is 594 g/mol. The van der Waals surface area contributed by atoms with Gasteiger partial charge in [-0.05, 0) is 37.8 Å². The number of hydrogen-bond acceptors (Lipinski definition) is 7. The minimum absolute atomic E-state index is 0.112. The molecule has 10 heteroatoms. The SMILES string of the molecule is C=CCN(CCN1CCOCC1)C(=O)C1N(CCCO)C(=O)[C@@H]2[C@H](C(=O)N(CC=C)c3ccccc3)[C@]3(CC)CCC12O3. The quantitative estimate of drug-likeness (QED) is 0.329. The predicted molar refractivity (Wildman–Crippen MR) is 163 cm³/mol. The highest BCUT2D eigenvalue weighted by atomic mass is 16.5. The van der Waals surface area contributed by atoms with Crippen molar-refractivity contribution in [2.75, 3.05) is 70.5 Å². The summed E-state index contributed by atoms with van der Waals surface area (Å²) in [7, 11) is 0. The number of carbonyl (C=O) groups is 3. The van der Waals surface area contributed by atoms with Crippen LogP contribution in [0.1, 0.15) is 32.6 Å². The van der Waals surface area contributed by atoms with Gasteiger partial charge in [-0.1, -0.05) is 37.3 Å². The molecule has 5 rings (SSSR count). The van der Waals surface area contributed by atoms with E-state index in [2.05, 4.69) is 18.1 Å². The maximum absolute atomic E-state index is 14.6. The molecule has 43 heavy (non-hydrogen) atoms. The van der Waals surface area contributed by atoms with E-state index in [1.807, 2.05) is 37.3 Å². The highest BCUT2D eigenvalue weighted by Crippen LogP contribution is 2.64. The number of aliphatic hydroxyl groups excluding tert-OH is 1. The molecule has 0 aromatic heterocycles. The van der Waals surface area contributed by atoms with Gasteiger partial charge in [0.05, 0.1) is 30.7 Å². The molecule has 10 nitrogen and oxygen atoms in total. The van der Waals surface area contributed by atoms with Crippen LogP contribution in [0.25, 0.3) is 0 Å². The van der Waals surface area contributed by atoms with Gasteiger partial charge in [-0.25, -0.2) is 0 Å². The number of aliphatic hydroxyl groups is 1. The Morgan fingerprint density at radius 2 is 1.79 bits per heavy atom. The summed E-state index contributed by atoms with van der Waals surface area (Å²) in [6.45, 7) is 14.6. The van der Waals surface area contributed by atoms with Gasteiger partial charge in [-0.15, -0.1) is 13.2 Å². The molecule has 0 saturated carbocycles. The first-order chi connectivity index (χ1) is 20.9. The zero-order valence-corrected chi connectivity index (χ0v) is 25.4. The van der Waals surface area contributed by atoms with Crippen molar-refractivity contribution in [3.05, 3.63) is 55.6 Å². The third-order valence-corrected chi connectivity index (χ3v) is 9.83. The van der Waals surface area contributed by atoms with E-state index in [1.165, 1.54) is 0 Å². The maximum atomic E-state index is 14.6. The van der Waals surface area contributed by atoms with Gasteiger partial charge in [0.25, 0.3) is 0 Å². The minimum Gasteiger partial charge on any atom is -0.396 e. The first-order valence-corrected chi connectivity index (χ1v) is 15.7. The molecule has 0 radical (unpaired) electrons. The molecule has 2 unspecified atom stereocenters. The van der Waals surface area contributed by atoms with Crippen LogP contribution in [0.2, 0.25) is 0 Å². The van der Waals surface area contributed by atoms with E-state index in [0.717, 1.165) is 18.8 Å². The number of benzene rings is 1. The van der Waals surface area contributed by atoms with Crippen LogP contribution in [-0.2, 0) is 23.9 Å². The van der Waals surface area contributed by atoms with Gasteiger partial charge in [0.15, 0.2) is 0 Å². The Kier molecular flexibility index (Phi) is 9.70. The number of carbonyl (C=O) groups excluding carboxylic acids is 3. The molecule has 1 spiro atoms. The molecule has 2 bridgehead atoms. The Balaban J connectivity index is 1.51. The lowest BCUT2D eigenvalue weighted by molar-refractivity contribution is -0.152. The summed E-state index contributed by atoms with van der Waals surface area (Å²) < 4.78 is 12.4. The molecule has 1 aromatic carbocycles. The standard InChI is InChI=1S/C33H46N4O6/c1-4-15-35(19-18-34-20-23-42-24-21-34)31(41)28-33-14-13-32(6-3,43-33)26(27(33)30(40)37(28)17-10-22-38)29(39)36(16-5-2)25-11-8-7-9-12-25/h4-5,7-9,11-12,26-28,38H,1-2,6,10,13-24H2,3H3/t26-,27+,28?,32+,33?/m1/s1. The van der Waals surface area contributed by atoms with Crippen molar-refractivity contribution in [3.63, 3.8) is 0 Å². The highest BCUT2D eigenvalue weighted by molar-refractivity contribution is 6.03. The minimum atomic E-state index is -1.12. The van der Waals surface area contributed by atoms with Gasteiger partial charge < -0.3 is 29.3 Å². The van der Waals surface area contributed by atoms with Crippen LogP contribution < -0.4 is 4.90 Å². The van der Waals surface area contributed by atoms with Crippen molar-refractivity contribution >= 4 is 23.4 Å². The number of amides is 3. The summed E-state index contributed by atoms with van der Waals surface area (Å²) in [4.78, 5) is 50.9. The topological polar surface area (TPSA) is 103 Å². The van der Waals surface area contributed by atoms with Crippen LogP contribution in [0.15, 0.2) is 55.6 Å². The summed E-state index contributed by atoms with van der Waals surface area (Å²) in [5.41, 5.74) is -1.23. The summed E-state index contributed by atoms with van der Waals surface area (Å²) in [5.74, 6) is -2.14. The van der Waals surface area contributed by atoms with E-state index < -0.39 is 29.1 Å². The van der Waals surface area contributed by atoms with E-state index in [9.17, 15) is 19.5 Å². The normalized spacial score (nSPS) is 29.9. The smallest absolute Gasteiger partial charge is 0.248 e. The first kappa shape index (κ1) is 31.4. The second-order valence-corrected chi connectivity index (χ2v) is 12.0. The molecule has 234 valence electrons. The molecule has 4 saturated heterocycles. The summed E-state index contributed by atoms with van der Waals surface area (Å²) in [6, 6.07) is 8.53. The van der Waals surface area contributed by atoms with E-state index in [-0.39, 0.29) is 37.4 Å². The number of nitrogens with zero attached hydrogens (tertiary/aromatic N) is 4. The molecule has 1 aromatic rings. The number of para-hydroxylation sites is 1. The fourth-order valence-electron chi connectivity index (χ4n) is 7.79. The van der Waals surface area contributed by atoms with Crippen LogP contribution in [0.3, 0.4) is 0 Å². The van der Waals surface area contributed by atoms with Crippen LogP contribution in [0.4, 0.5) is 5.69 Å². The molecule has 1 N–H and O–H groups in total. The summed E-state index contributed by atoms with van der Waals surface area (Å²) in [5, 5.41) is 9.71. The Labute approximate surface area is 254 Å². The van der Waals surface area contributed by atoms with Crippen LogP contribution in [-0.4, -0.2) is 120 Å². The zero-order valence-electron chi connectivity index (χ0n) is 25.4. The van der Waals surface area contributed by atoms with Gasteiger partial charge in [0, 0.05) is 58.1 Å². The van der Waals surface area contributed by atoms with Gasteiger partial charge in [-0.3, -0.25) is 19.3 Å². The van der Waals surface area contributed by atoms with Crippen LogP contribution >= 0.6 is 0 Å². The molecule has 4 aliphatic rings. The Morgan fingerprint density at radius 1 is 1.07 bits per heavy atom. The molecule has 0 aliphatic carbocycles. The maximum Gasteiger partial charge on any atom is 0.248 e. The number of morpholine rings is 1. The van der Waals surface area contributed by atoms with Crippen LogP contribution in [0, 0.1) is 11.8 Å². The molecular weight excluding hydrogens is 548 g/mol. The van der Waals surface area contributed by atoms with Crippen molar-refractivity contribution < 1.29 is 29.0 Å². The third-order valence-electron chi connectivity index (χ3n) is 9.83. The second kappa shape index (κ2) is 13.3. The fourth-order valence-corrected chi connectivity index (χ4v) is 7.79. The molecule has 4 fully saturated rings. The van der Waals surface area contributed by atoms with Crippen molar-refractivity contribution in [1.29, 1.82) is 0 Å². The summed E-state index contributed by atoms with van der Waals surface area (Å²) >= 11 is 0. The molecule has 3 amide bonds. The van der Waals surface area contributed by atoms with Gasteiger partial charge in [-0.2, -0.15) is 0 Å². The highest BCUT2D eigenvalue weighted by Gasteiger charge is 2.79. The van der Waals surface area contributed by atoms with Gasteiger partial charge >= 0.3 is 0 Å². The van der Waals surface area contributed by atoms with E-state index in [0.29, 0.717) is 58.5 Å². The lowest BCUT2D eigenvalue weighted by Gasteiger charge is -2.37. The second-order valence-electron chi connectivity index (χ2n) is 12.0. The van der Waals surface area contributed by atoms with Crippen molar-refractivity contribution in [3.8, 4) is 0 Å². The average Bonchev–Trinajstić information content (AvgIpc) is 3.64. The van der Waals surface area contributed by atoms with Crippen molar-refractivity contribution in [1.82, 2.24) is 14.7 Å². The van der Waals surface area contributed by atoms with E-state index in [4.69, 9.17) is 9.47 Å². The number of likely N-dealkylation sites (tertiary alicyclic amines) is 1. The first-order valence-electron chi connectivity index (χ1n) is 15.7. The number of rotatable bonds is 14. The Hall–Kier alpha value is -3.05. The summed E-state index contributed by atoms with van der Waals surface area (Å²) in [6.07, 6.45) is 5.39. The Morgan fingerprint density at radius 3 is 2.44 bits per heavy atom. The fraction of sp³-hybridized carbons (Fsp3) is 0.606. The molecule has 4 heterocycles. The van der Waals surface area contributed by atoms with Crippen molar-refractivity contribution in [2.24, 2.45) is 11.8 Å². The van der Waals surface area contributed by atoms with Crippen LogP contribution in [0.5, 0.6) is 0 Å². The number of anilines is 1. The Bertz CT molecular complexity index is 1190. The largest absolute Gasteiger partial charge is 0.396 e. The van der Waals surface area contributed by atoms with E-state index in [1.54, 1.807) is 26.9 Å². The lowest BCUT2D eigenvalue weighted by atomic mass is 9.64. The average molecular weight is 595 g/mol. The van der Waals surface area contributed by atoms with Gasteiger partial charge in [0.1, 0.15) is 11.6 Å². The third kappa shape index (κ3) is 5.54. The zero-order chi connectivity index (χ0) is 30.6.